The van der Waals surface area contributed by atoms with Gasteiger partial charge in [-0.05, 0) is 43.5 Å². The van der Waals surface area contributed by atoms with Crippen LogP contribution in [0, 0.1) is 0 Å². The minimum absolute atomic E-state index is 0.160. The van der Waals surface area contributed by atoms with Crippen molar-refractivity contribution in [1.29, 1.82) is 0 Å². The van der Waals surface area contributed by atoms with E-state index < -0.39 is 6.03 Å². The molecule has 31 heavy (non-hydrogen) atoms. The summed E-state index contributed by atoms with van der Waals surface area (Å²) in [4.78, 5) is 38.8. The van der Waals surface area contributed by atoms with Gasteiger partial charge in [-0.1, -0.05) is 12.1 Å². The molecule has 2 saturated heterocycles. The van der Waals surface area contributed by atoms with Crippen molar-refractivity contribution in [2.24, 2.45) is 0 Å². The molecule has 0 saturated carbocycles. The first-order valence-electron chi connectivity index (χ1n) is 10.7. The number of hydrogen-bond acceptors (Lipinski definition) is 6. The van der Waals surface area contributed by atoms with Gasteiger partial charge in [-0.15, -0.1) is 10.2 Å². The number of benzene rings is 1. The highest BCUT2D eigenvalue weighted by Crippen LogP contribution is 2.22. The van der Waals surface area contributed by atoms with Crippen LogP contribution in [-0.4, -0.2) is 59.1 Å². The predicted molar refractivity (Wildman–Crippen MR) is 117 cm³/mol. The molecular formula is C22H26N6O3. The van der Waals surface area contributed by atoms with Crippen molar-refractivity contribution >= 4 is 29.4 Å². The van der Waals surface area contributed by atoms with Crippen LogP contribution in [0.1, 0.15) is 32.1 Å². The molecule has 162 valence electrons. The van der Waals surface area contributed by atoms with Gasteiger partial charge in [-0.25, -0.2) is 4.79 Å². The highest BCUT2D eigenvalue weighted by Gasteiger charge is 2.23. The third-order valence-electron chi connectivity index (χ3n) is 5.55. The van der Waals surface area contributed by atoms with Crippen LogP contribution >= 0.6 is 0 Å². The summed E-state index contributed by atoms with van der Waals surface area (Å²) in [7, 11) is 0. The Labute approximate surface area is 180 Å². The molecule has 2 aromatic rings. The number of anilines is 2. The van der Waals surface area contributed by atoms with Gasteiger partial charge in [-0.3, -0.25) is 14.9 Å². The predicted octanol–water partition coefficient (Wildman–Crippen LogP) is 2.40. The zero-order chi connectivity index (χ0) is 21.6. The molecule has 9 heteroatoms. The van der Waals surface area contributed by atoms with E-state index >= 15 is 0 Å². The van der Waals surface area contributed by atoms with Gasteiger partial charge in [0.05, 0.1) is 5.69 Å². The van der Waals surface area contributed by atoms with Crippen LogP contribution in [0.2, 0.25) is 0 Å². The molecule has 2 N–H and O–H groups in total. The Morgan fingerprint density at radius 1 is 0.968 bits per heavy atom. The Morgan fingerprint density at radius 2 is 1.74 bits per heavy atom. The zero-order valence-corrected chi connectivity index (χ0v) is 17.3. The molecule has 4 rings (SSSR count). The fourth-order valence-corrected chi connectivity index (χ4v) is 3.77. The Bertz CT molecular complexity index is 939. The third kappa shape index (κ3) is 5.36. The lowest BCUT2D eigenvalue weighted by Gasteiger charge is -2.27. The van der Waals surface area contributed by atoms with E-state index in [9.17, 15) is 14.4 Å². The van der Waals surface area contributed by atoms with Gasteiger partial charge in [0, 0.05) is 50.3 Å². The molecule has 0 unspecified atom stereocenters. The van der Waals surface area contributed by atoms with E-state index in [4.69, 9.17) is 0 Å². The molecule has 2 fully saturated rings. The summed E-state index contributed by atoms with van der Waals surface area (Å²) in [6, 6.07) is 11.0. The summed E-state index contributed by atoms with van der Waals surface area (Å²) in [5, 5.41) is 13.8. The smallest absolute Gasteiger partial charge is 0.324 e. The average molecular weight is 422 g/mol. The number of nitrogens with one attached hydrogen (secondary N) is 2. The normalized spacial score (nSPS) is 16.8. The van der Waals surface area contributed by atoms with Crippen molar-refractivity contribution in [3.05, 3.63) is 36.4 Å². The SMILES string of the molecule is O=C1CCN(CCC(=O)Nc2ccc(-c3ccc(N4CCCCC4)nn3)cc2)C(=O)N1. The largest absolute Gasteiger partial charge is 0.355 e. The van der Waals surface area contributed by atoms with E-state index in [-0.39, 0.29) is 31.2 Å². The van der Waals surface area contributed by atoms with Gasteiger partial charge in [0.1, 0.15) is 0 Å². The minimum atomic E-state index is -0.444. The van der Waals surface area contributed by atoms with E-state index in [0.29, 0.717) is 12.2 Å². The number of urea groups is 1. The maximum absolute atomic E-state index is 12.2. The fraction of sp³-hybridized carbons (Fsp3) is 0.409. The summed E-state index contributed by atoms with van der Waals surface area (Å²) in [6.45, 7) is 2.66. The number of nitrogens with zero attached hydrogens (tertiary/aromatic N) is 4. The summed E-state index contributed by atoms with van der Waals surface area (Å²) < 4.78 is 0. The maximum Gasteiger partial charge on any atom is 0.324 e. The molecule has 3 heterocycles. The quantitative estimate of drug-likeness (QED) is 0.740. The van der Waals surface area contributed by atoms with E-state index in [1.165, 1.54) is 24.2 Å². The number of piperidine rings is 1. The Balaban J connectivity index is 1.29. The maximum atomic E-state index is 12.2. The lowest BCUT2D eigenvalue weighted by molar-refractivity contribution is -0.121. The summed E-state index contributed by atoms with van der Waals surface area (Å²) in [5.41, 5.74) is 2.37. The lowest BCUT2D eigenvalue weighted by atomic mass is 10.1. The monoisotopic (exact) mass is 422 g/mol. The number of imide groups is 1. The van der Waals surface area contributed by atoms with Gasteiger partial charge in [0.2, 0.25) is 11.8 Å². The van der Waals surface area contributed by atoms with E-state index in [2.05, 4.69) is 25.7 Å². The minimum Gasteiger partial charge on any atom is -0.355 e. The van der Waals surface area contributed by atoms with Crippen molar-refractivity contribution in [3.8, 4) is 11.3 Å². The second kappa shape index (κ2) is 9.55. The highest BCUT2D eigenvalue weighted by molar-refractivity contribution is 5.97. The second-order valence-electron chi connectivity index (χ2n) is 7.79. The molecular weight excluding hydrogens is 396 g/mol. The first-order valence-corrected chi connectivity index (χ1v) is 10.7. The van der Waals surface area contributed by atoms with E-state index in [0.717, 1.165) is 30.2 Å². The Hall–Kier alpha value is -3.49. The number of aromatic nitrogens is 2. The number of hydrogen-bond donors (Lipinski definition) is 2. The van der Waals surface area contributed by atoms with Crippen LogP contribution in [0.4, 0.5) is 16.3 Å². The van der Waals surface area contributed by atoms with Crippen molar-refractivity contribution in [2.75, 3.05) is 36.4 Å². The number of carbonyl (C=O) groups excluding carboxylic acids is 3. The van der Waals surface area contributed by atoms with Crippen LogP contribution in [0.3, 0.4) is 0 Å². The molecule has 4 amide bonds. The molecule has 1 aromatic carbocycles. The van der Waals surface area contributed by atoms with Gasteiger partial charge in [0.15, 0.2) is 5.82 Å². The van der Waals surface area contributed by atoms with Crippen LogP contribution in [0.25, 0.3) is 11.3 Å². The van der Waals surface area contributed by atoms with Crippen LogP contribution in [0.5, 0.6) is 0 Å². The second-order valence-corrected chi connectivity index (χ2v) is 7.79. The topological polar surface area (TPSA) is 108 Å². The first-order chi connectivity index (χ1) is 15.1. The zero-order valence-electron chi connectivity index (χ0n) is 17.3. The van der Waals surface area contributed by atoms with Crippen molar-refractivity contribution in [3.63, 3.8) is 0 Å². The third-order valence-corrected chi connectivity index (χ3v) is 5.55. The molecule has 0 spiro atoms. The fourth-order valence-electron chi connectivity index (χ4n) is 3.77. The summed E-state index contributed by atoms with van der Waals surface area (Å²) in [6.07, 6.45) is 4.09. The van der Waals surface area contributed by atoms with Gasteiger partial charge in [-0.2, -0.15) is 0 Å². The van der Waals surface area contributed by atoms with E-state index in [1.54, 1.807) is 0 Å². The summed E-state index contributed by atoms with van der Waals surface area (Å²) in [5.74, 6) is 0.443. The van der Waals surface area contributed by atoms with Crippen LogP contribution < -0.4 is 15.5 Å². The molecule has 0 radical (unpaired) electrons. The average Bonchev–Trinajstić information content (AvgIpc) is 2.80. The summed E-state index contributed by atoms with van der Waals surface area (Å²) >= 11 is 0. The van der Waals surface area contributed by atoms with Crippen molar-refractivity contribution < 1.29 is 14.4 Å². The molecule has 0 aliphatic carbocycles. The Morgan fingerprint density at radius 3 is 2.42 bits per heavy atom. The number of rotatable bonds is 6. The van der Waals surface area contributed by atoms with Crippen LogP contribution in [-0.2, 0) is 9.59 Å². The van der Waals surface area contributed by atoms with Gasteiger partial charge < -0.3 is 15.1 Å². The standard InChI is InChI=1S/C22H26N6O3/c29-20(10-14-28-15-11-21(30)24-22(28)31)23-17-6-4-16(5-7-17)18-8-9-19(26-25-18)27-12-2-1-3-13-27/h4-9H,1-3,10-15H2,(H,23,29)(H,24,30,31). The molecule has 1 aromatic heterocycles. The van der Waals surface area contributed by atoms with E-state index in [1.807, 2.05) is 36.4 Å². The lowest BCUT2D eigenvalue weighted by Crippen LogP contribution is -2.50. The molecule has 0 bridgehead atoms. The molecule has 0 atom stereocenters. The molecule has 2 aliphatic rings. The Kier molecular flexibility index (Phi) is 6.40. The van der Waals surface area contributed by atoms with Gasteiger partial charge in [0.25, 0.3) is 0 Å². The number of carbonyl (C=O) groups is 3. The van der Waals surface area contributed by atoms with Crippen molar-refractivity contribution in [2.45, 2.75) is 32.1 Å². The van der Waals surface area contributed by atoms with Gasteiger partial charge >= 0.3 is 6.03 Å². The van der Waals surface area contributed by atoms with Crippen molar-refractivity contribution in [1.82, 2.24) is 20.4 Å². The first kappa shape index (κ1) is 20.8. The van der Waals surface area contributed by atoms with Crippen LogP contribution in [0.15, 0.2) is 36.4 Å². The number of amides is 4. The molecule has 9 nitrogen and oxygen atoms in total. The highest BCUT2D eigenvalue weighted by atomic mass is 16.2. The molecule has 2 aliphatic heterocycles.